The first kappa shape index (κ1) is 14.9. The highest BCUT2D eigenvalue weighted by molar-refractivity contribution is 6.31. The van der Waals surface area contributed by atoms with Crippen LogP contribution in [0.4, 0.5) is 0 Å². The molecular weight excluding hydrogens is 278 g/mol. The molecule has 0 saturated heterocycles. The molecule has 5 heteroatoms. The van der Waals surface area contributed by atoms with E-state index in [1.54, 1.807) is 17.9 Å². The third kappa shape index (κ3) is 3.73. The lowest BCUT2D eigenvalue weighted by Gasteiger charge is -2.24. The third-order valence-corrected chi connectivity index (χ3v) is 3.87. The standard InChI is InChI=1S/C15H18ClNO3/c1-10(15(19)20)9-17(12-6-7-12)14(18)8-11-4-2-3-5-13(11)16/h2-5,10,12H,6-9H2,1H3,(H,19,20). The monoisotopic (exact) mass is 295 g/mol. The molecule has 1 aromatic rings. The Morgan fingerprint density at radius 3 is 2.60 bits per heavy atom. The van der Waals surface area contributed by atoms with E-state index in [4.69, 9.17) is 16.7 Å². The van der Waals surface area contributed by atoms with Crippen molar-refractivity contribution in [1.82, 2.24) is 4.90 Å². The Morgan fingerprint density at radius 1 is 1.40 bits per heavy atom. The van der Waals surface area contributed by atoms with Crippen molar-refractivity contribution in [2.45, 2.75) is 32.2 Å². The second kappa shape index (κ2) is 6.27. The molecule has 0 aliphatic heterocycles. The van der Waals surface area contributed by atoms with E-state index in [-0.39, 0.29) is 24.9 Å². The molecule has 2 rings (SSSR count). The van der Waals surface area contributed by atoms with E-state index < -0.39 is 11.9 Å². The Bertz CT molecular complexity index is 514. The highest BCUT2D eigenvalue weighted by Crippen LogP contribution is 2.29. The molecule has 1 amide bonds. The van der Waals surface area contributed by atoms with Crippen molar-refractivity contribution in [3.63, 3.8) is 0 Å². The second-order valence-corrected chi connectivity index (χ2v) is 5.69. The Kier molecular flexibility index (Phi) is 4.65. The van der Waals surface area contributed by atoms with Gasteiger partial charge in [-0.1, -0.05) is 36.7 Å². The van der Waals surface area contributed by atoms with Crippen molar-refractivity contribution >= 4 is 23.5 Å². The van der Waals surface area contributed by atoms with Gasteiger partial charge in [0, 0.05) is 17.6 Å². The fourth-order valence-electron chi connectivity index (χ4n) is 2.12. The number of benzene rings is 1. The summed E-state index contributed by atoms with van der Waals surface area (Å²) >= 11 is 6.06. The van der Waals surface area contributed by atoms with E-state index in [1.165, 1.54) is 0 Å². The zero-order valence-electron chi connectivity index (χ0n) is 11.4. The molecule has 1 unspecified atom stereocenters. The number of hydrogen-bond donors (Lipinski definition) is 1. The van der Waals surface area contributed by atoms with Crippen LogP contribution >= 0.6 is 11.6 Å². The summed E-state index contributed by atoms with van der Waals surface area (Å²) in [6.45, 7) is 1.89. The number of carbonyl (C=O) groups is 2. The van der Waals surface area contributed by atoms with Crippen LogP contribution in [-0.4, -0.2) is 34.5 Å². The SMILES string of the molecule is CC(CN(C(=O)Cc1ccccc1Cl)C1CC1)C(=O)O. The van der Waals surface area contributed by atoms with Gasteiger partial charge in [0.2, 0.25) is 5.91 Å². The molecule has 108 valence electrons. The molecule has 0 spiro atoms. The third-order valence-electron chi connectivity index (χ3n) is 3.50. The zero-order valence-corrected chi connectivity index (χ0v) is 12.1. The minimum Gasteiger partial charge on any atom is -0.481 e. The van der Waals surface area contributed by atoms with Gasteiger partial charge in [0.15, 0.2) is 0 Å². The summed E-state index contributed by atoms with van der Waals surface area (Å²) in [7, 11) is 0. The van der Waals surface area contributed by atoms with Crippen molar-refractivity contribution in [2.75, 3.05) is 6.54 Å². The van der Waals surface area contributed by atoms with Gasteiger partial charge in [-0.05, 0) is 24.5 Å². The second-order valence-electron chi connectivity index (χ2n) is 5.28. The summed E-state index contributed by atoms with van der Waals surface area (Å²) in [4.78, 5) is 25.0. The number of carboxylic acid groups (broad SMARTS) is 1. The Hall–Kier alpha value is -1.55. The normalized spacial score (nSPS) is 15.7. The van der Waals surface area contributed by atoms with Gasteiger partial charge >= 0.3 is 5.97 Å². The number of hydrogen-bond acceptors (Lipinski definition) is 2. The van der Waals surface area contributed by atoms with Crippen molar-refractivity contribution < 1.29 is 14.7 Å². The van der Waals surface area contributed by atoms with Gasteiger partial charge in [0.25, 0.3) is 0 Å². The van der Waals surface area contributed by atoms with Gasteiger partial charge in [-0.25, -0.2) is 0 Å². The average Bonchev–Trinajstić information content (AvgIpc) is 3.22. The molecule has 20 heavy (non-hydrogen) atoms. The van der Waals surface area contributed by atoms with Crippen LogP contribution < -0.4 is 0 Å². The Morgan fingerprint density at radius 2 is 2.05 bits per heavy atom. The van der Waals surface area contributed by atoms with E-state index in [0.717, 1.165) is 18.4 Å². The van der Waals surface area contributed by atoms with Crippen molar-refractivity contribution in [1.29, 1.82) is 0 Å². The fraction of sp³-hybridized carbons (Fsp3) is 0.467. The molecule has 1 fully saturated rings. The molecule has 1 aliphatic rings. The number of halogens is 1. The maximum absolute atomic E-state index is 12.4. The molecule has 1 aliphatic carbocycles. The van der Waals surface area contributed by atoms with Crippen molar-refractivity contribution in [3.8, 4) is 0 Å². The summed E-state index contributed by atoms with van der Waals surface area (Å²) in [6.07, 6.45) is 2.14. The van der Waals surface area contributed by atoms with Gasteiger partial charge in [-0.2, -0.15) is 0 Å². The maximum atomic E-state index is 12.4. The summed E-state index contributed by atoms with van der Waals surface area (Å²) in [5.41, 5.74) is 0.785. The minimum absolute atomic E-state index is 0.0475. The van der Waals surface area contributed by atoms with Crippen molar-refractivity contribution in [3.05, 3.63) is 34.9 Å². The predicted molar refractivity (Wildman–Crippen MR) is 76.7 cm³/mol. The zero-order chi connectivity index (χ0) is 14.7. The fourth-order valence-corrected chi connectivity index (χ4v) is 2.32. The van der Waals surface area contributed by atoms with Crippen LogP contribution in [0.1, 0.15) is 25.3 Å². The van der Waals surface area contributed by atoms with E-state index in [1.807, 2.05) is 18.2 Å². The number of rotatable bonds is 6. The smallest absolute Gasteiger partial charge is 0.308 e. The molecule has 1 saturated carbocycles. The summed E-state index contributed by atoms with van der Waals surface area (Å²) < 4.78 is 0. The summed E-state index contributed by atoms with van der Waals surface area (Å²) in [6, 6.07) is 7.45. The molecule has 1 atom stereocenters. The van der Waals surface area contributed by atoms with E-state index >= 15 is 0 Å². The largest absolute Gasteiger partial charge is 0.481 e. The summed E-state index contributed by atoms with van der Waals surface area (Å²) in [5, 5.41) is 9.56. The first-order chi connectivity index (χ1) is 9.49. The number of aliphatic carboxylic acids is 1. The van der Waals surface area contributed by atoms with Crippen LogP contribution in [0.5, 0.6) is 0 Å². The van der Waals surface area contributed by atoms with Gasteiger partial charge < -0.3 is 10.0 Å². The van der Waals surface area contributed by atoms with Crippen LogP contribution in [0.25, 0.3) is 0 Å². The topological polar surface area (TPSA) is 57.6 Å². The molecule has 1 N–H and O–H groups in total. The molecule has 1 aromatic carbocycles. The predicted octanol–water partition coefficient (Wildman–Crippen LogP) is 2.59. The molecule has 0 radical (unpaired) electrons. The highest BCUT2D eigenvalue weighted by atomic mass is 35.5. The number of nitrogens with zero attached hydrogens (tertiary/aromatic N) is 1. The van der Waals surface area contributed by atoms with Crippen LogP contribution in [0, 0.1) is 5.92 Å². The Labute approximate surface area is 123 Å². The van der Waals surface area contributed by atoms with Gasteiger partial charge in [-0.3, -0.25) is 9.59 Å². The number of amides is 1. The van der Waals surface area contributed by atoms with Crippen LogP contribution in [-0.2, 0) is 16.0 Å². The molecule has 0 heterocycles. The molecule has 0 aromatic heterocycles. The van der Waals surface area contributed by atoms with Gasteiger partial charge in [-0.15, -0.1) is 0 Å². The lowest BCUT2D eigenvalue weighted by Crippen LogP contribution is -2.39. The quantitative estimate of drug-likeness (QED) is 0.877. The number of carboxylic acids is 1. The summed E-state index contributed by atoms with van der Waals surface area (Å²) in [5.74, 6) is -1.47. The lowest BCUT2D eigenvalue weighted by atomic mass is 10.1. The maximum Gasteiger partial charge on any atom is 0.308 e. The van der Waals surface area contributed by atoms with E-state index in [9.17, 15) is 9.59 Å². The Balaban J connectivity index is 2.04. The average molecular weight is 296 g/mol. The highest BCUT2D eigenvalue weighted by Gasteiger charge is 2.34. The minimum atomic E-state index is -0.874. The van der Waals surface area contributed by atoms with Gasteiger partial charge in [0.1, 0.15) is 0 Å². The molecular formula is C15H18ClNO3. The van der Waals surface area contributed by atoms with Crippen LogP contribution in [0.2, 0.25) is 5.02 Å². The van der Waals surface area contributed by atoms with E-state index in [0.29, 0.717) is 5.02 Å². The molecule has 0 bridgehead atoms. The van der Waals surface area contributed by atoms with E-state index in [2.05, 4.69) is 0 Å². The van der Waals surface area contributed by atoms with Crippen LogP contribution in [0.3, 0.4) is 0 Å². The van der Waals surface area contributed by atoms with Crippen LogP contribution in [0.15, 0.2) is 24.3 Å². The van der Waals surface area contributed by atoms with Crippen molar-refractivity contribution in [2.24, 2.45) is 5.92 Å². The van der Waals surface area contributed by atoms with Gasteiger partial charge in [0.05, 0.1) is 12.3 Å². The number of carbonyl (C=O) groups excluding carboxylic acids is 1. The lowest BCUT2D eigenvalue weighted by molar-refractivity contribution is -0.143. The molecule has 4 nitrogen and oxygen atoms in total. The first-order valence-electron chi connectivity index (χ1n) is 6.74. The first-order valence-corrected chi connectivity index (χ1v) is 7.12.